The molecule has 0 aliphatic heterocycles. The van der Waals surface area contributed by atoms with Crippen molar-refractivity contribution in [2.24, 2.45) is 35.3 Å². The lowest BCUT2D eigenvalue weighted by Crippen LogP contribution is -2.40. The summed E-state index contributed by atoms with van der Waals surface area (Å²) in [4.78, 5) is 0. The number of rotatable bonds is 2. The normalized spacial score (nSPS) is 33.7. The molecule has 0 saturated heterocycles. The topological polar surface area (TPSA) is 26.0 Å². The molecule has 140 valence electrons. The highest BCUT2D eigenvalue weighted by atomic mass is 19.3. The predicted octanol–water partition coefficient (Wildman–Crippen LogP) is 6.51. The van der Waals surface area contributed by atoms with Gasteiger partial charge < -0.3 is 5.73 Å². The molecule has 2 rings (SSSR count). The Morgan fingerprint density at radius 3 is 1.83 bits per heavy atom. The summed E-state index contributed by atoms with van der Waals surface area (Å²) in [6.45, 7) is 10.3. The zero-order valence-electron chi connectivity index (χ0n) is 15.2. The van der Waals surface area contributed by atoms with Crippen LogP contribution in [0.15, 0.2) is 0 Å². The standard InChI is InChI=1S/C10H18F2.C9H19N.CH4/c1-7(2)9-8(3)5-4-6-10(9,11)12;1-7(2)8-5-3-4-6-9(8)10;/h7-9H,4-6H2,1-3H3;7-9H,3-6,10H2,1-2H3;1H4. The zero-order chi connectivity index (χ0) is 16.9. The Hall–Kier alpha value is -0.180. The molecule has 0 bridgehead atoms. The quantitative estimate of drug-likeness (QED) is 0.612. The second-order valence-corrected chi connectivity index (χ2v) is 8.26. The number of hydrogen-bond donors (Lipinski definition) is 1. The van der Waals surface area contributed by atoms with Gasteiger partial charge in [-0.15, -0.1) is 0 Å². The summed E-state index contributed by atoms with van der Waals surface area (Å²) in [6, 6.07) is 0.494. The molecule has 2 aliphatic rings. The van der Waals surface area contributed by atoms with Gasteiger partial charge in [-0.3, -0.25) is 0 Å². The summed E-state index contributed by atoms with van der Waals surface area (Å²) >= 11 is 0. The fraction of sp³-hybridized carbons (Fsp3) is 1.00. The fourth-order valence-electron chi connectivity index (χ4n) is 4.58. The van der Waals surface area contributed by atoms with Crippen LogP contribution < -0.4 is 5.73 Å². The number of halogens is 2. The molecule has 0 aromatic carbocycles. The maximum absolute atomic E-state index is 13.4. The van der Waals surface area contributed by atoms with Crippen LogP contribution in [-0.4, -0.2) is 12.0 Å². The summed E-state index contributed by atoms with van der Waals surface area (Å²) in [5.41, 5.74) is 5.98. The van der Waals surface area contributed by atoms with Gasteiger partial charge in [-0.05, 0) is 42.9 Å². The van der Waals surface area contributed by atoms with Crippen LogP contribution in [0.5, 0.6) is 0 Å². The van der Waals surface area contributed by atoms with E-state index < -0.39 is 11.8 Å². The molecule has 0 heterocycles. The summed E-state index contributed by atoms with van der Waals surface area (Å²) in [5, 5.41) is 0. The van der Waals surface area contributed by atoms with Crippen molar-refractivity contribution in [1.82, 2.24) is 0 Å². The van der Waals surface area contributed by atoms with Gasteiger partial charge in [0, 0.05) is 18.4 Å². The molecular formula is C20H41F2N. The van der Waals surface area contributed by atoms with Crippen LogP contribution in [0, 0.1) is 29.6 Å². The maximum atomic E-state index is 13.4. The van der Waals surface area contributed by atoms with Crippen LogP contribution in [0.2, 0.25) is 0 Å². The van der Waals surface area contributed by atoms with Crippen LogP contribution in [0.4, 0.5) is 8.78 Å². The molecule has 0 amide bonds. The predicted molar refractivity (Wildman–Crippen MR) is 97.8 cm³/mol. The molecule has 0 spiro atoms. The number of alkyl halides is 2. The Labute approximate surface area is 143 Å². The first-order valence-electron chi connectivity index (χ1n) is 9.30. The lowest BCUT2D eigenvalue weighted by molar-refractivity contribution is -0.122. The molecule has 1 nitrogen and oxygen atoms in total. The van der Waals surface area contributed by atoms with E-state index in [0.717, 1.165) is 18.3 Å². The Bertz CT molecular complexity index is 315. The first-order valence-corrected chi connectivity index (χ1v) is 9.30. The second-order valence-electron chi connectivity index (χ2n) is 8.26. The van der Waals surface area contributed by atoms with Gasteiger partial charge in [0.2, 0.25) is 0 Å². The van der Waals surface area contributed by atoms with Crippen molar-refractivity contribution in [3.8, 4) is 0 Å². The van der Waals surface area contributed by atoms with Crippen molar-refractivity contribution < 1.29 is 8.78 Å². The highest BCUT2D eigenvalue weighted by Gasteiger charge is 2.46. The van der Waals surface area contributed by atoms with Crippen molar-refractivity contribution in [3.63, 3.8) is 0 Å². The fourth-order valence-corrected chi connectivity index (χ4v) is 4.58. The molecule has 3 heteroatoms. The largest absolute Gasteiger partial charge is 0.327 e. The molecule has 0 aromatic heterocycles. The summed E-state index contributed by atoms with van der Waals surface area (Å²) in [5.74, 6) is -0.925. The van der Waals surface area contributed by atoms with Crippen molar-refractivity contribution in [1.29, 1.82) is 0 Å². The van der Waals surface area contributed by atoms with E-state index in [-0.39, 0.29) is 25.7 Å². The number of nitrogens with two attached hydrogens (primary N) is 1. The van der Waals surface area contributed by atoms with Gasteiger partial charge >= 0.3 is 0 Å². The van der Waals surface area contributed by atoms with Crippen molar-refractivity contribution >= 4 is 0 Å². The second kappa shape index (κ2) is 9.96. The minimum atomic E-state index is -2.41. The van der Waals surface area contributed by atoms with Crippen LogP contribution >= 0.6 is 0 Å². The van der Waals surface area contributed by atoms with E-state index in [9.17, 15) is 8.78 Å². The Morgan fingerprint density at radius 1 is 0.913 bits per heavy atom. The van der Waals surface area contributed by atoms with Crippen LogP contribution in [0.3, 0.4) is 0 Å². The monoisotopic (exact) mass is 333 g/mol. The Balaban J connectivity index is 0.000000409. The highest BCUT2D eigenvalue weighted by Crippen LogP contribution is 2.45. The lowest BCUT2D eigenvalue weighted by atomic mass is 9.72. The smallest absolute Gasteiger partial charge is 0.251 e. The zero-order valence-corrected chi connectivity index (χ0v) is 15.2. The molecular weight excluding hydrogens is 292 g/mol. The molecule has 23 heavy (non-hydrogen) atoms. The number of hydrogen-bond acceptors (Lipinski definition) is 1. The van der Waals surface area contributed by atoms with Crippen LogP contribution in [0.25, 0.3) is 0 Å². The molecule has 4 unspecified atom stereocenters. The third-order valence-corrected chi connectivity index (χ3v) is 5.72. The maximum Gasteiger partial charge on any atom is 0.251 e. The van der Waals surface area contributed by atoms with Gasteiger partial charge in [-0.25, -0.2) is 8.78 Å². The minimum Gasteiger partial charge on any atom is -0.327 e. The molecule has 2 aliphatic carbocycles. The SMILES string of the molecule is C.CC(C)C1C(C)CCCC1(F)F.CC(C)C1CCCCC1N. The molecule has 4 atom stereocenters. The van der Waals surface area contributed by atoms with Gasteiger partial charge in [-0.1, -0.05) is 61.3 Å². The van der Waals surface area contributed by atoms with E-state index in [1.165, 1.54) is 25.7 Å². The lowest BCUT2D eigenvalue weighted by Gasteiger charge is -2.38. The van der Waals surface area contributed by atoms with E-state index in [1.54, 1.807) is 0 Å². The average Bonchev–Trinajstić information content (AvgIpc) is 2.37. The van der Waals surface area contributed by atoms with Crippen LogP contribution in [0.1, 0.15) is 87.0 Å². The van der Waals surface area contributed by atoms with E-state index >= 15 is 0 Å². The third kappa shape index (κ3) is 6.68. The summed E-state index contributed by atoms with van der Waals surface area (Å²) in [6.07, 6.45) is 7.12. The Kier molecular flexibility index (Phi) is 9.88. The van der Waals surface area contributed by atoms with Crippen molar-refractivity contribution in [2.75, 3.05) is 0 Å². The van der Waals surface area contributed by atoms with E-state index in [2.05, 4.69) is 13.8 Å². The first-order chi connectivity index (χ1) is 10.2. The van der Waals surface area contributed by atoms with E-state index in [0.29, 0.717) is 12.5 Å². The summed E-state index contributed by atoms with van der Waals surface area (Å²) in [7, 11) is 0. The van der Waals surface area contributed by atoms with Gasteiger partial charge in [0.15, 0.2) is 0 Å². The van der Waals surface area contributed by atoms with Gasteiger partial charge in [0.25, 0.3) is 5.92 Å². The van der Waals surface area contributed by atoms with Crippen molar-refractivity contribution in [2.45, 2.75) is 99.0 Å². The molecule has 2 N–H and O–H groups in total. The van der Waals surface area contributed by atoms with Gasteiger partial charge in [0.05, 0.1) is 0 Å². The van der Waals surface area contributed by atoms with E-state index in [1.807, 2.05) is 20.8 Å². The molecule has 0 radical (unpaired) electrons. The Morgan fingerprint density at radius 2 is 1.48 bits per heavy atom. The van der Waals surface area contributed by atoms with Gasteiger partial charge in [-0.2, -0.15) is 0 Å². The summed E-state index contributed by atoms with van der Waals surface area (Å²) < 4.78 is 26.7. The third-order valence-electron chi connectivity index (χ3n) is 5.72. The van der Waals surface area contributed by atoms with Crippen LogP contribution in [-0.2, 0) is 0 Å². The average molecular weight is 334 g/mol. The highest BCUT2D eigenvalue weighted by molar-refractivity contribution is 4.87. The minimum absolute atomic E-state index is 0. The molecule has 0 aromatic rings. The van der Waals surface area contributed by atoms with E-state index in [4.69, 9.17) is 5.73 Å². The van der Waals surface area contributed by atoms with Gasteiger partial charge in [0.1, 0.15) is 0 Å². The molecule has 2 saturated carbocycles. The van der Waals surface area contributed by atoms with Crippen molar-refractivity contribution in [3.05, 3.63) is 0 Å². The molecule has 2 fully saturated rings. The first kappa shape index (κ1) is 22.8.